The van der Waals surface area contributed by atoms with Crippen LogP contribution in [0.25, 0.3) is 0 Å². The van der Waals surface area contributed by atoms with Gasteiger partial charge in [0.1, 0.15) is 11.6 Å². The molecule has 0 saturated heterocycles. The number of aryl methyl sites for hydroxylation is 1. The Labute approximate surface area is 116 Å². The Kier molecular flexibility index (Phi) is 3.66. The first-order chi connectivity index (χ1) is 8.35. The molecule has 1 aliphatic rings. The number of fused-ring (bicyclic) bond motifs is 1. The molecular weight excluding hydrogens is 294 g/mol. The first-order valence-electron chi connectivity index (χ1n) is 6.13. The summed E-state index contributed by atoms with van der Waals surface area (Å²) in [4.78, 5) is 12.0. The second-order valence-electron chi connectivity index (χ2n) is 5.57. The Morgan fingerprint density at radius 3 is 2.83 bits per heavy atom. The lowest BCUT2D eigenvalue weighted by molar-refractivity contribution is -0.156. The smallest absolute Gasteiger partial charge is 0.329 e. The van der Waals surface area contributed by atoms with Crippen LogP contribution < -0.4 is 5.32 Å². The van der Waals surface area contributed by atoms with Crippen LogP contribution in [0.3, 0.4) is 0 Å². The fraction of sp³-hybridized carbons (Fsp3) is 0.500. The summed E-state index contributed by atoms with van der Waals surface area (Å²) in [7, 11) is 0. The fourth-order valence-electron chi connectivity index (χ4n) is 2.02. The number of benzene rings is 1. The Bertz CT molecular complexity index is 465. The maximum Gasteiger partial charge on any atom is 0.329 e. The molecule has 0 saturated carbocycles. The summed E-state index contributed by atoms with van der Waals surface area (Å²) in [6.45, 7) is 5.66. The third kappa shape index (κ3) is 3.25. The topological polar surface area (TPSA) is 38.3 Å². The molecule has 18 heavy (non-hydrogen) atoms. The molecule has 0 radical (unpaired) electrons. The molecule has 1 aromatic carbocycles. The van der Waals surface area contributed by atoms with Gasteiger partial charge < -0.3 is 10.1 Å². The summed E-state index contributed by atoms with van der Waals surface area (Å²) in [5.74, 6) is -0.170. The zero-order valence-corrected chi connectivity index (χ0v) is 12.5. The van der Waals surface area contributed by atoms with Crippen molar-refractivity contribution < 1.29 is 9.53 Å². The Hall–Kier alpha value is -1.03. The first-order valence-corrected chi connectivity index (χ1v) is 6.92. The lowest BCUT2D eigenvalue weighted by Crippen LogP contribution is -2.38. The van der Waals surface area contributed by atoms with Crippen molar-refractivity contribution in [2.24, 2.45) is 0 Å². The monoisotopic (exact) mass is 311 g/mol. The molecule has 1 unspecified atom stereocenters. The molecule has 0 bridgehead atoms. The predicted octanol–water partition coefficient (Wildman–Crippen LogP) is 3.52. The van der Waals surface area contributed by atoms with Crippen molar-refractivity contribution in [2.75, 3.05) is 5.32 Å². The highest BCUT2D eigenvalue weighted by molar-refractivity contribution is 9.10. The van der Waals surface area contributed by atoms with Crippen molar-refractivity contribution in [1.82, 2.24) is 0 Å². The van der Waals surface area contributed by atoms with Gasteiger partial charge in [0.2, 0.25) is 0 Å². The molecule has 1 atom stereocenters. The maximum absolute atomic E-state index is 12.0. The second-order valence-corrected chi connectivity index (χ2v) is 6.49. The number of hydrogen-bond donors (Lipinski definition) is 1. The number of carbonyl (C=O) groups excluding carboxylic acids is 1. The molecule has 0 amide bonds. The van der Waals surface area contributed by atoms with E-state index in [0.29, 0.717) is 0 Å². The van der Waals surface area contributed by atoms with E-state index in [0.717, 1.165) is 23.0 Å². The number of halogens is 1. The predicted molar refractivity (Wildman–Crippen MR) is 75.7 cm³/mol. The zero-order valence-electron chi connectivity index (χ0n) is 10.9. The van der Waals surface area contributed by atoms with Crippen LogP contribution in [0.4, 0.5) is 5.69 Å². The van der Waals surface area contributed by atoms with Crippen LogP contribution in [0.1, 0.15) is 32.8 Å². The van der Waals surface area contributed by atoms with Gasteiger partial charge in [-0.15, -0.1) is 0 Å². The van der Waals surface area contributed by atoms with Crippen molar-refractivity contribution in [3.8, 4) is 0 Å². The van der Waals surface area contributed by atoms with E-state index >= 15 is 0 Å². The Morgan fingerprint density at radius 1 is 1.44 bits per heavy atom. The summed E-state index contributed by atoms with van der Waals surface area (Å²) < 4.78 is 6.47. The van der Waals surface area contributed by atoms with Crippen molar-refractivity contribution in [2.45, 2.75) is 45.3 Å². The third-order valence-electron chi connectivity index (χ3n) is 2.79. The van der Waals surface area contributed by atoms with E-state index in [-0.39, 0.29) is 12.0 Å². The normalized spacial score (nSPS) is 18.8. The van der Waals surface area contributed by atoms with Gasteiger partial charge in [-0.05, 0) is 57.4 Å². The molecule has 4 heteroatoms. The van der Waals surface area contributed by atoms with Crippen LogP contribution in [0, 0.1) is 0 Å². The van der Waals surface area contributed by atoms with Gasteiger partial charge in [0.15, 0.2) is 0 Å². The van der Waals surface area contributed by atoms with Gasteiger partial charge in [-0.1, -0.05) is 15.9 Å². The average molecular weight is 312 g/mol. The van der Waals surface area contributed by atoms with E-state index in [1.807, 2.05) is 32.9 Å². The van der Waals surface area contributed by atoms with Crippen molar-refractivity contribution in [1.29, 1.82) is 0 Å². The van der Waals surface area contributed by atoms with E-state index in [4.69, 9.17) is 4.74 Å². The van der Waals surface area contributed by atoms with Crippen molar-refractivity contribution >= 4 is 27.6 Å². The van der Waals surface area contributed by atoms with Crippen LogP contribution in [0.2, 0.25) is 0 Å². The lowest BCUT2D eigenvalue weighted by atomic mass is 9.98. The van der Waals surface area contributed by atoms with E-state index in [2.05, 4.69) is 27.3 Å². The maximum atomic E-state index is 12.0. The highest BCUT2D eigenvalue weighted by atomic mass is 79.9. The molecule has 0 aromatic heterocycles. The van der Waals surface area contributed by atoms with Gasteiger partial charge in [0, 0.05) is 10.2 Å². The quantitative estimate of drug-likeness (QED) is 0.806. The second kappa shape index (κ2) is 4.92. The van der Waals surface area contributed by atoms with Crippen molar-refractivity contribution in [3.05, 3.63) is 28.2 Å². The van der Waals surface area contributed by atoms with E-state index in [1.54, 1.807) is 0 Å². The summed E-state index contributed by atoms with van der Waals surface area (Å²) in [6, 6.07) is 5.82. The highest BCUT2D eigenvalue weighted by Crippen LogP contribution is 2.28. The van der Waals surface area contributed by atoms with E-state index in [1.165, 1.54) is 5.56 Å². The van der Waals surface area contributed by atoms with Gasteiger partial charge >= 0.3 is 5.97 Å². The highest BCUT2D eigenvalue weighted by Gasteiger charge is 2.28. The molecule has 2 rings (SSSR count). The molecule has 0 fully saturated rings. The minimum Gasteiger partial charge on any atom is -0.458 e. The molecule has 3 nitrogen and oxygen atoms in total. The van der Waals surface area contributed by atoms with Gasteiger partial charge in [-0.2, -0.15) is 0 Å². The third-order valence-corrected chi connectivity index (χ3v) is 3.28. The summed E-state index contributed by atoms with van der Waals surface area (Å²) in [6.07, 6.45) is 1.67. The minimum atomic E-state index is -0.432. The number of rotatable bonds is 1. The molecule has 1 heterocycles. The average Bonchev–Trinajstić information content (AvgIpc) is 2.26. The Morgan fingerprint density at radius 2 is 2.17 bits per heavy atom. The number of ether oxygens (including phenoxy) is 1. The number of carbonyl (C=O) groups is 1. The molecule has 1 aromatic rings. The zero-order chi connectivity index (χ0) is 13.3. The minimum absolute atomic E-state index is 0.170. The molecule has 0 spiro atoms. The largest absolute Gasteiger partial charge is 0.458 e. The van der Waals surface area contributed by atoms with Crippen LogP contribution in [-0.4, -0.2) is 17.6 Å². The van der Waals surface area contributed by atoms with Crippen LogP contribution in [0.15, 0.2) is 22.7 Å². The van der Waals surface area contributed by atoms with Crippen molar-refractivity contribution in [3.63, 3.8) is 0 Å². The van der Waals surface area contributed by atoms with Gasteiger partial charge in [0.25, 0.3) is 0 Å². The van der Waals surface area contributed by atoms with Gasteiger partial charge in [-0.3, -0.25) is 0 Å². The SMILES string of the molecule is CC(C)(C)OC(=O)C1CCc2cc(Br)ccc2N1. The number of anilines is 1. The van der Waals surface area contributed by atoms with Gasteiger partial charge in [0.05, 0.1) is 0 Å². The standard InChI is InChI=1S/C14H18BrNO2/c1-14(2,3)18-13(17)12-6-4-9-8-10(15)5-7-11(9)16-12/h5,7-8,12,16H,4,6H2,1-3H3. The number of nitrogens with one attached hydrogen (secondary N) is 1. The summed E-state index contributed by atoms with van der Waals surface area (Å²) >= 11 is 3.45. The van der Waals surface area contributed by atoms with Crippen LogP contribution >= 0.6 is 15.9 Å². The van der Waals surface area contributed by atoms with E-state index in [9.17, 15) is 4.79 Å². The lowest BCUT2D eigenvalue weighted by Gasteiger charge is -2.29. The van der Waals surface area contributed by atoms with Gasteiger partial charge in [-0.25, -0.2) is 4.79 Å². The molecule has 1 aliphatic heterocycles. The first kappa shape index (κ1) is 13.4. The molecule has 1 N–H and O–H groups in total. The van der Waals surface area contributed by atoms with Crippen LogP contribution in [-0.2, 0) is 16.0 Å². The summed E-state index contributed by atoms with van der Waals surface area (Å²) in [5, 5.41) is 3.25. The molecular formula is C14H18BrNO2. The molecule has 98 valence electrons. The number of hydrogen-bond acceptors (Lipinski definition) is 3. The van der Waals surface area contributed by atoms with E-state index < -0.39 is 5.60 Å². The Balaban J connectivity index is 2.08. The fourth-order valence-corrected chi connectivity index (χ4v) is 2.43. The van der Waals surface area contributed by atoms with Crippen LogP contribution in [0.5, 0.6) is 0 Å². The number of esters is 1. The molecule has 0 aliphatic carbocycles. The summed E-state index contributed by atoms with van der Waals surface area (Å²) in [5.41, 5.74) is 1.84.